The van der Waals surface area contributed by atoms with Crippen LogP contribution in [0.4, 0.5) is 0 Å². The van der Waals surface area contributed by atoms with Crippen LogP contribution in [-0.2, 0) is 0 Å². The van der Waals surface area contributed by atoms with E-state index in [0.717, 1.165) is 45.8 Å². The summed E-state index contributed by atoms with van der Waals surface area (Å²) < 4.78 is 9.58. The van der Waals surface area contributed by atoms with Gasteiger partial charge in [-0.15, -0.1) is 5.10 Å². The molecular formula is C29H24N6O2S. The van der Waals surface area contributed by atoms with Crippen LogP contribution in [0.1, 0.15) is 24.5 Å². The molecule has 0 aliphatic heterocycles. The Morgan fingerprint density at radius 3 is 2.63 bits per heavy atom. The molecule has 0 spiro atoms. The predicted molar refractivity (Wildman–Crippen MR) is 149 cm³/mol. The fraction of sp³-hybridized carbons (Fsp3) is 0.138. The highest BCUT2D eigenvalue weighted by molar-refractivity contribution is 7.15. The van der Waals surface area contributed by atoms with Crippen molar-refractivity contribution in [2.24, 2.45) is 0 Å². The second-order valence-electron chi connectivity index (χ2n) is 8.83. The molecular weight excluding hydrogens is 496 g/mol. The number of thiazole rings is 1. The summed E-state index contributed by atoms with van der Waals surface area (Å²) in [6, 6.07) is 19.7. The third kappa shape index (κ3) is 4.48. The minimum atomic E-state index is -0.217. The zero-order chi connectivity index (χ0) is 26.1. The predicted octanol–water partition coefficient (Wildman–Crippen LogP) is 4.71. The molecule has 0 amide bonds. The largest absolute Gasteiger partial charge is 0.493 e. The lowest BCUT2D eigenvalue weighted by Gasteiger charge is -2.09. The summed E-state index contributed by atoms with van der Waals surface area (Å²) in [6.07, 6.45) is 8.13. The lowest BCUT2D eigenvalue weighted by atomic mass is 10.0. The molecule has 0 fully saturated rings. The topological polar surface area (TPSA) is 87.2 Å². The average molecular weight is 521 g/mol. The molecule has 188 valence electrons. The van der Waals surface area contributed by atoms with Crippen molar-refractivity contribution >= 4 is 22.4 Å². The zero-order valence-corrected chi connectivity index (χ0v) is 21.7. The number of hydrogen-bond donors (Lipinski definition) is 0. The van der Waals surface area contributed by atoms with Crippen LogP contribution in [0.15, 0.2) is 84.0 Å². The fourth-order valence-corrected chi connectivity index (χ4v) is 5.09. The molecule has 4 aromatic heterocycles. The van der Waals surface area contributed by atoms with Gasteiger partial charge < -0.3 is 4.74 Å². The van der Waals surface area contributed by atoms with Crippen molar-refractivity contribution in [3.05, 3.63) is 105 Å². The minimum absolute atomic E-state index is 0.217. The van der Waals surface area contributed by atoms with E-state index in [4.69, 9.17) is 9.84 Å². The number of aryl methyl sites for hydroxylation is 1. The number of hydrogen-bond acceptors (Lipinski definition) is 7. The van der Waals surface area contributed by atoms with E-state index in [-0.39, 0.29) is 5.56 Å². The average Bonchev–Trinajstić information content (AvgIpc) is 3.64. The number of rotatable bonds is 7. The van der Waals surface area contributed by atoms with Gasteiger partial charge in [-0.05, 0) is 67.4 Å². The van der Waals surface area contributed by atoms with E-state index in [2.05, 4.69) is 28.1 Å². The first-order valence-corrected chi connectivity index (χ1v) is 13.1. The molecule has 0 saturated heterocycles. The quantitative estimate of drug-likeness (QED) is 0.303. The first kappa shape index (κ1) is 23.7. The van der Waals surface area contributed by atoms with Crippen LogP contribution in [0.25, 0.3) is 39.4 Å². The maximum absolute atomic E-state index is 13.3. The van der Waals surface area contributed by atoms with Crippen LogP contribution >= 0.6 is 11.3 Å². The highest BCUT2D eigenvalue weighted by atomic mass is 32.1. The van der Waals surface area contributed by atoms with Gasteiger partial charge in [-0.3, -0.25) is 9.78 Å². The van der Waals surface area contributed by atoms with Crippen LogP contribution in [-0.4, -0.2) is 36.0 Å². The van der Waals surface area contributed by atoms with Gasteiger partial charge in [-0.2, -0.15) is 14.6 Å². The van der Waals surface area contributed by atoms with Gasteiger partial charge in [0.05, 0.1) is 16.8 Å². The molecule has 4 heterocycles. The van der Waals surface area contributed by atoms with Crippen LogP contribution < -0.4 is 14.8 Å². The molecule has 0 radical (unpaired) electrons. The van der Waals surface area contributed by atoms with E-state index < -0.39 is 0 Å². The summed E-state index contributed by atoms with van der Waals surface area (Å²) in [5.41, 5.74) is 5.05. The summed E-state index contributed by atoms with van der Waals surface area (Å²) in [5, 5.41) is 9.34. The number of aromatic nitrogens is 6. The summed E-state index contributed by atoms with van der Waals surface area (Å²) in [4.78, 5) is 22.5. The lowest BCUT2D eigenvalue weighted by molar-refractivity contribution is 0.315. The van der Waals surface area contributed by atoms with E-state index in [9.17, 15) is 4.79 Å². The third-order valence-corrected chi connectivity index (χ3v) is 7.02. The zero-order valence-electron chi connectivity index (χ0n) is 20.9. The Balaban J connectivity index is 1.46. The molecule has 0 N–H and O–H groups in total. The maximum atomic E-state index is 13.3. The third-order valence-electron chi connectivity index (χ3n) is 6.06. The molecule has 0 unspecified atom stereocenters. The van der Waals surface area contributed by atoms with Gasteiger partial charge in [0, 0.05) is 35.3 Å². The van der Waals surface area contributed by atoms with Crippen LogP contribution in [0.5, 0.6) is 5.75 Å². The Morgan fingerprint density at radius 2 is 1.89 bits per heavy atom. The van der Waals surface area contributed by atoms with Crippen molar-refractivity contribution in [1.82, 2.24) is 29.4 Å². The number of para-hydroxylation sites is 1. The van der Waals surface area contributed by atoms with Crippen molar-refractivity contribution in [2.45, 2.75) is 20.3 Å². The molecule has 9 heteroatoms. The number of fused-ring (bicyclic) bond motifs is 1. The number of nitrogens with zero attached hydrogens (tertiary/aromatic N) is 6. The summed E-state index contributed by atoms with van der Waals surface area (Å²) in [6.45, 7) is 4.79. The highest BCUT2D eigenvalue weighted by Crippen LogP contribution is 2.29. The van der Waals surface area contributed by atoms with Crippen molar-refractivity contribution in [1.29, 1.82) is 0 Å². The van der Waals surface area contributed by atoms with Gasteiger partial charge in [-0.1, -0.05) is 36.5 Å². The van der Waals surface area contributed by atoms with Gasteiger partial charge in [-0.25, -0.2) is 4.68 Å². The summed E-state index contributed by atoms with van der Waals surface area (Å²) >= 11 is 1.30. The van der Waals surface area contributed by atoms with Crippen molar-refractivity contribution in [3.8, 4) is 34.1 Å². The fourth-order valence-electron chi connectivity index (χ4n) is 4.19. The normalized spacial score (nSPS) is 11.9. The number of ether oxygens (including phenoxy) is 1. The minimum Gasteiger partial charge on any atom is -0.493 e. The Labute approximate surface area is 222 Å². The smallest absolute Gasteiger partial charge is 0.291 e. The Hall–Kier alpha value is -4.63. The Bertz CT molecular complexity index is 1840. The second-order valence-corrected chi connectivity index (χ2v) is 9.84. The van der Waals surface area contributed by atoms with Crippen molar-refractivity contribution in [3.63, 3.8) is 0 Å². The molecule has 0 aliphatic rings. The molecule has 0 saturated carbocycles. The van der Waals surface area contributed by atoms with Crippen LogP contribution in [0.3, 0.4) is 0 Å². The van der Waals surface area contributed by atoms with Crippen LogP contribution in [0.2, 0.25) is 0 Å². The molecule has 38 heavy (non-hydrogen) atoms. The van der Waals surface area contributed by atoms with E-state index in [1.165, 1.54) is 15.9 Å². The SMILES string of the molecule is CCCOc1ccc(-c2nn(-c3ccccc3)cc2C=c2sc3nc(-c4cccnc4)nn3c2=O)cc1C. The van der Waals surface area contributed by atoms with Gasteiger partial charge >= 0.3 is 0 Å². The summed E-state index contributed by atoms with van der Waals surface area (Å²) in [7, 11) is 0. The van der Waals surface area contributed by atoms with E-state index in [0.29, 0.717) is 21.9 Å². The van der Waals surface area contributed by atoms with E-state index in [1.807, 2.05) is 78.5 Å². The second kappa shape index (κ2) is 10.0. The number of pyridine rings is 1. The highest BCUT2D eigenvalue weighted by Gasteiger charge is 2.16. The summed E-state index contributed by atoms with van der Waals surface area (Å²) in [5.74, 6) is 1.34. The molecule has 6 aromatic rings. The first-order chi connectivity index (χ1) is 18.6. The molecule has 2 aromatic carbocycles. The molecule has 0 atom stereocenters. The van der Waals surface area contributed by atoms with E-state index >= 15 is 0 Å². The van der Waals surface area contributed by atoms with Gasteiger partial charge in [0.2, 0.25) is 4.96 Å². The monoisotopic (exact) mass is 520 g/mol. The standard InChI is InChI=1S/C29H24N6O2S/c1-3-14-37-24-12-11-20(15-19(24)2)26-22(18-34(32-26)23-9-5-4-6-10-23)16-25-28(36)35-29(38-25)31-27(33-35)21-8-7-13-30-17-21/h4-13,15-18H,3,14H2,1-2H3. The Kier molecular flexibility index (Phi) is 6.27. The van der Waals surface area contributed by atoms with Crippen molar-refractivity contribution < 1.29 is 4.74 Å². The molecule has 8 nitrogen and oxygen atoms in total. The van der Waals surface area contributed by atoms with Gasteiger partial charge in [0.15, 0.2) is 5.82 Å². The lowest BCUT2D eigenvalue weighted by Crippen LogP contribution is -2.23. The molecule has 0 aliphatic carbocycles. The van der Waals surface area contributed by atoms with Crippen molar-refractivity contribution in [2.75, 3.05) is 6.61 Å². The maximum Gasteiger partial charge on any atom is 0.291 e. The van der Waals surface area contributed by atoms with E-state index in [1.54, 1.807) is 12.4 Å². The molecule has 0 bridgehead atoms. The molecule has 6 rings (SSSR count). The van der Waals surface area contributed by atoms with Gasteiger partial charge in [0.1, 0.15) is 11.4 Å². The van der Waals surface area contributed by atoms with Crippen LogP contribution in [0, 0.1) is 6.92 Å². The first-order valence-electron chi connectivity index (χ1n) is 12.3. The van der Waals surface area contributed by atoms with Gasteiger partial charge in [0.25, 0.3) is 5.56 Å². The number of benzene rings is 2. The Morgan fingerprint density at radius 1 is 1.03 bits per heavy atom.